The van der Waals surface area contributed by atoms with Gasteiger partial charge in [-0.05, 0) is 29.7 Å². The van der Waals surface area contributed by atoms with Crippen molar-refractivity contribution in [3.05, 3.63) is 59.6 Å². The Kier molecular flexibility index (Phi) is 5.27. The highest BCUT2D eigenvalue weighted by molar-refractivity contribution is 8.01. The summed E-state index contributed by atoms with van der Waals surface area (Å²) < 4.78 is 5.09. The Morgan fingerprint density at radius 1 is 1.17 bits per heavy atom. The number of anilines is 1. The molecule has 1 amide bonds. The van der Waals surface area contributed by atoms with Crippen molar-refractivity contribution in [3.63, 3.8) is 0 Å². The van der Waals surface area contributed by atoms with Gasteiger partial charge in [-0.2, -0.15) is 4.37 Å². The summed E-state index contributed by atoms with van der Waals surface area (Å²) in [7, 11) is 0. The van der Waals surface area contributed by atoms with Crippen molar-refractivity contribution in [2.45, 2.75) is 4.34 Å². The summed E-state index contributed by atoms with van der Waals surface area (Å²) in [6.07, 6.45) is 0. The SMILES string of the molecule is O=C(CSc1nc(-c2ccccc2)ns1)Nc1cccc(Cl)c1. The molecule has 0 aliphatic heterocycles. The summed E-state index contributed by atoms with van der Waals surface area (Å²) in [6.45, 7) is 0. The third-order valence-electron chi connectivity index (χ3n) is 2.87. The van der Waals surface area contributed by atoms with E-state index in [1.54, 1.807) is 24.3 Å². The average Bonchev–Trinajstić information content (AvgIpc) is 3.03. The number of carbonyl (C=O) groups excluding carboxylic acids is 1. The molecule has 0 saturated heterocycles. The van der Waals surface area contributed by atoms with E-state index in [2.05, 4.69) is 14.7 Å². The summed E-state index contributed by atoms with van der Waals surface area (Å²) in [5.74, 6) is 0.859. The van der Waals surface area contributed by atoms with Gasteiger partial charge in [-0.1, -0.05) is 59.8 Å². The highest BCUT2D eigenvalue weighted by Gasteiger charge is 2.09. The normalized spacial score (nSPS) is 10.5. The van der Waals surface area contributed by atoms with Gasteiger partial charge in [0.15, 0.2) is 10.2 Å². The summed E-state index contributed by atoms with van der Waals surface area (Å²) in [4.78, 5) is 16.4. The Bertz CT molecular complexity index is 808. The van der Waals surface area contributed by atoms with Crippen LogP contribution in [0.5, 0.6) is 0 Å². The molecule has 0 saturated carbocycles. The zero-order valence-corrected chi connectivity index (χ0v) is 14.3. The summed E-state index contributed by atoms with van der Waals surface area (Å²) in [6, 6.07) is 16.8. The van der Waals surface area contributed by atoms with E-state index in [-0.39, 0.29) is 11.7 Å². The van der Waals surface area contributed by atoms with Crippen molar-refractivity contribution in [2.24, 2.45) is 0 Å². The van der Waals surface area contributed by atoms with Crippen molar-refractivity contribution in [2.75, 3.05) is 11.1 Å². The number of hydrogen-bond donors (Lipinski definition) is 1. The summed E-state index contributed by atoms with van der Waals surface area (Å²) >= 11 is 8.55. The van der Waals surface area contributed by atoms with Gasteiger partial charge in [0, 0.05) is 16.3 Å². The molecule has 0 spiro atoms. The van der Waals surface area contributed by atoms with Gasteiger partial charge >= 0.3 is 0 Å². The molecule has 0 unspecified atom stereocenters. The van der Waals surface area contributed by atoms with Crippen LogP contribution in [0.15, 0.2) is 58.9 Å². The Morgan fingerprint density at radius 2 is 2.00 bits per heavy atom. The Labute approximate surface area is 147 Å². The van der Waals surface area contributed by atoms with Crippen LogP contribution in [0.2, 0.25) is 5.02 Å². The first-order chi connectivity index (χ1) is 11.2. The molecular formula is C16H12ClN3OS2. The predicted molar refractivity (Wildman–Crippen MR) is 96.2 cm³/mol. The molecule has 0 aliphatic rings. The van der Waals surface area contributed by atoms with Gasteiger partial charge in [0.2, 0.25) is 5.91 Å². The van der Waals surface area contributed by atoms with Crippen molar-refractivity contribution in [1.29, 1.82) is 0 Å². The van der Waals surface area contributed by atoms with E-state index in [0.717, 1.165) is 9.90 Å². The standard InChI is InChI=1S/C16H12ClN3OS2/c17-12-7-4-8-13(9-12)18-14(21)10-22-16-19-15(20-23-16)11-5-2-1-3-6-11/h1-9H,10H2,(H,18,21). The average molecular weight is 362 g/mol. The highest BCUT2D eigenvalue weighted by Crippen LogP contribution is 2.25. The lowest BCUT2D eigenvalue weighted by Gasteiger charge is -2.04. The van der Waals surface area contributed by atoms with Gasteiger partial charge in [-0.15, -0.1) is 0 Å². The van der Waals surface area contributed by atoms with Gasteiger partial charge in [0.25, 0.3) is 0 Å². The minimum atomic E-state index is -0.103. The molecule has 0 atom stereocenters. The van der Waals surface area contributed by atoms with E-state index < -0.39 is 0 Å². The van der Waals surface area contributed by atoms with E-state index in [1.807, 2.05) is 30.3 Å². The Balaban J connectivity index is 1.56. The maximum absolute atomic E-state index is 12.0. The van der Waals surface area contributed by atoms with Crippen LogP contribution in [0.4, 0.5) is 5.69 Å². The summed E-state index contributed by atoms with van der Waals surface area (Å²) in [5, 5.41) is 3.39. The van der Waals surface area contributed by atoms with E-state index in [4.69, 9.17) is 11.6 Å². The zero-order chi connectivity index (χ0) is 16.1. The van der Waals surface area contributed by atoms with Crippen LogP contribution in [0.25, 0.3) is 11.4 Å². The first-order valence-electron chi connectivity index (χ1n) is 6.78. The van der Waals surface area contributed by atoms with Crippen LogP contribution in [0.1, 0.15) is 0 Å². The first kappa shape index (κ1) is 16.0. The number of rotatable bonds is 5. The number of hydrogen-bond acceptors (Lipinski definition) is 5. The van der Waals surface area contributed by atoms with E-state index in [9.17, 15) is 4.79 Å². The van der Waals surface area contributed by atoms with Gasteiger partial charge in [0.1, 0.15) is 0 Å². The van der Waals surface area contributed by atoms with Gasteiger partial charge < -0.3 is 5.32 Å². The van der Waals surface area contributed by atoms with Crippen LogP contribution < -0.4 is 5.32 Å². The van der Waals surface area contributed by atoms with Crippen LogP contribution in [0, 0.1) is 0 Å². The molecule has 1 heterocycles. The van der Waals surface area contributed by atoms with E-state index in [1.165, 1.54) is 23.3 Å². The minimum Gasteiger partial charge on any atom is -0.325 e. The molecule has 1 aromatic heterocycles. The van der Waals surface area contributed by atoms with Crippen molar-refractivity contribution < 1.29 is 4.79 Å². The summed E-state index contributed by atoms with van der Waals surface area (Å²) in [5.41, 5.74) is 1.66. The Morgan fingerprint density at radius 3 is 2.78 bits per heavy atom. The molecule has 2 aromatic carbocycles. The van der Waals surface area contributed by atoms with Gasteiger partial charge in [-0.3, -0.25) is 4.79 Å². The maximum Gasteiger partial charge on any atom is 0.234 e. The fourth-order valence-corrected chi connectivity index (χ4v) is 3.47. The number of nitrogens with zero attached hydrogens (tertiary/aromatic N) is 2. The Hall–Kier alpha value is -1.89. The molecule has 0 fully saturated rings. The molecule has 116 valence electrons. The molecule has 3 rings (SSSR count). The second-order valence-corrected chi connectivity index (χ2v) is 7.01. The molecule has 0 radical (unpaired) electrons. The van der Waals surface area contributed by atoms with Gasteiger partial charge in [-0.25, -0.2) is 4.98 Å². The smallest absolute Gasteiger partial charge is 0.234 e. The maximum atomic E-state index is 12.0. The number of nitrogens with one attached hydrogen (secondary N) is 1. The lowest BCUT2D eigenvalue weighted by atomic mass is 10.2. The number of amides is 1. The lowest BCUT2D eigenvalue weighted by molar-refractivity contribution is -0.113. The van der Waals surface area contributed by atoms with Crippen molar-refractivity contribution >= 4 is 46.5 Å². The second kappa shape index (κ2) is 7.59. The van der Waals surface area contributed by atoms with Crippen LogP contribution in [0.3, 0.4) is 0 Å². The molecular weight excluding hydrogens is 350 g/mol. The van der Waals surface area contributed by atoms with E-state index in [0.29, 0.717) is 16.5 Å². The fourth-order valence-electron chi connectivity index (χ4n) is 1.86. The van der Waals surface area contributed by atoms with E-state index >= 15 is 0 Å². The highest BCUT2D eigenvalue weighted by atomic mass is 35.5. The number of aromatic nitrogens is 2. The topological polar surface area (TPSA) is 54.9 Å². The quantitative estimate of drug-likeness (QED) is 0.675. The second-order valence-electron chi connectivity index (χ2n) is 4.60. The molecule has 7 heteroatoms. The van der Waals surface area contributed by atoms with Crippen LogP contribution >= 0.6 is 34.9 Å². The number of benzene rings is 2. The molecule has 0 bridgehead atoms. The third-order valence-corrected chi connectivity index (χ3v) is 4.94. The molecule has 3 aromatic rings. The zero-order valence-electron chi connectivity index (χ0n) is 11.9. The number of thioether (sulfide) groups is 1. The number of carbonyl (C=O) groups is 1. The lowest BCUT2D eigenvalue weighted by Crippen LogP contribution is -2.13. The largest absolute Gasteiger partial charge is 0.325 e. The molecule has 1 N–H and O–H groups in total. The molecule has 4 nitrogen and oxygen atoms in total. The third kappa shape index (κ3) is 4.54. The van der Waals surface area contributed by atoms with Gasteiger partial charge in [0.05, 0.1) is 5.75 Å². The number of halogens is 1. The molecule has 0 aliphatic carbocycles. The van der Waals surface area contributed by atoms with Crippen molar-refractivity contribution in [1.82, 2.24) is 9.36 Å². The first-order valence-corrected chi connectivity index (χ1v) is 8.92. The predicted octanol–water partition coefficient (Wildman–Crippen LogP) is 4.59. The monoisotopic (exact) mass is 361 g/mol. The van der Waals surface area contributed by atoms with Crippen molar-refractivity contribution in [3.8, 4) is 11.4 Å². The fraction of sp³-hybridized carbons (Fsp3) is 0.0625. The van der Waals surface area contributed by atoms with Crippen LogP contribution in [-0.2, 0) is 4.79 Å². The van der Waals surface area contributed by atoms with Crippen LogP contribution in [-0.4, -0.2) is 21.0 Å². The molecule has 23 heavy (non-hydrogen) atoms. The minimum absolute atomic E-state index is 0.103.